The first-order chi connectivity index (χ1) is 9.81. The van der Waals surface area contributed by atoms with Gasteiger partial charge < -0.3 is 9.52 Å². The average molecular weight is 313 g/mol. The van der Waals surface area contributed by atoms with Crippen LogP contribution in [0.25, 0.3) is 0 Å². The van der Waals surface area contributed by atoms with Gasteiger partial charge in [0.25, 0.3) is 0 Å². The molecular formula is C13H12FNO5S. The van der Waals surface area contributed by atoms with E-state index in [2.05, 4.69) is 4.72 Å². The molecule has 0 unspecified atom stereocenters. The molecule has 0 saturated carbocycles. The fourth-order valence-electron chi connectivity index (χ4n) is 1.73. The summed E-state index contributed by atoms with van der Waals surface area (Å²) in [7, 11) is -4.22. The number of hydrogen-bond donors (Lipinski definition) is 2. The molecule has 0 spiro atoms. The van der Waals surface area contributed by atoms with Crippen LogP contribution in [0, 0.1) is 5.82 Å². The molecule has 1 heterocycles. The summed E-state index contributed by atoms with van der Waals surface area (Å²) >= 11 is 0. The van der Waals surface area contributed by atoms with Gasteiger partial charge in [0, 0.05) is 0 Å². The number of hydrogen-bond acceptors (Lipinski definition) is 4. The van der Waals surface area contributed by atoms with Crippen molar-refractivity contribution in [2.45, 2.75) is 17.9 Å². The van der Waals surface area contributed by atoms with Gasteiger partial charge in [0.15, 0.2) is 0 Å². The predicted octanol–water partition coefficient (Wildman–Crippen LogP) is 2.16. The maximum atomic E-state index is 13.7. The fourth-order valence-corrected chi connectivity index (χ4v) is 3.05. The number of halogens is 1. The highest BCUT2D eigenvalue weighted by atomic mass is 32.2. The summed E-state index contributed by atoms with van der Waals surface area (Å²) in [5, 5.41) is 8.85. The molecule has 0 radical (unpaired) electrons. The molecule has 21 heavy (non-hydrogen) atoms. The Morgan fingerprint density at radius 3 is 2.67 bits per heavy atom. The maximum absolute atomic E-state index is 13.7. The minimum absolute atomic E-state index is 0.317. The molecule has 2 rings (SSSR count). The second-order valence-corrected chi connectivity index (χ2v) is 5.99. The third kappa shape index (κ3) is 3.29. The molecule has 2 N–H and O–H groups in total. The van der Waals surface area contributed by atoms with E-state index in [4.69, 9.17) is 9.52 Å². The summed E-state index contributed by atoms with van der Waals surface area (Å²) in [4.78, 5) is 10.1. The molecular weight excluding hydrogens is 301 g/mol. The van der Waals surface area contributed by atoms with E-state index in [0.29, 0.717) is 5.76 Å². The first kappa shape index (κ1) is 15.2. The van der Waals surface area contributed by atoms with E-state index in [9.17, 15) is 17.6 Å². The normalized spacial score (nSPS) is 13.0. The molecule has 0 amide bonds. The van der Waals surface area contributed by atoms with Crippen molar-refractivity contribution in [1.29, 1.82) is 0 Å². The van der Waals surface area contributed by atoms with E-state index in [1.807, 2.05) is 0 Å². The van der Waals surface area contributed by atoms with Crippen LogP contribution in [-0.4, -0.2) is 19.5 Å². The molecule has 112 valence electrons. The summed E-state index contributed by atoms with van der Waals surface area (Å²) in [6.07, 6.45) is 1.38. The third-order valence-corrected chi connectivity index (χ3v) is 4.33. The Balaban J connectivity index is 2.35. The van der Waals surface area contributed by atoms with Crippen LogP contribution in [0.4, 0.5) is 4.39 Å². The number of rotatable bonds is 5. The lowest BCUT2D eigenvalue weighted by Crippen LogP contribution is -2.27. The Morgan fingerprint density at radius 2 is 2.10 bits per heavy atom. The second kappa shape index (κ2) is 5.66. The van der Waals surface area contributed by atoms with Gasteiger partial charge in [0.1, 0.15) is 16.5 Å². The Labute approximate surface area is 120 Å². The summed E-state index contributed by atoms with van der Waals surface area (Å²) in [6, 6.07) is 5.00. The first-order valence-corrected chi connectivity index (χ1v) is 7.38. The van der Waals surface area contributed by atoms with Gasteiger partial charge >= 0.3 is 5.97 Å². The van der Waals surface area contributed by atoms with E-state index in [-0.39, 0.29) is 5.56 Å². The summed E-state index contributed by atoms with van der Waals surface area (Å²) < 4.78 is 45.3. The number of nitrogens with one attached hydrogen (secondary N) is 1. The molecule has 6 nitrogen and oxygen atoms in total. The Hall–Kier alpha value is -2.19. The van der Waals surface area contributed by atoms with Crippen LogP contribution in [0.15, 0.2) is 45.9 Å². The van der Waals surface area contributed by atoms with Crippen LogP contribution in [-0.2, 0) is 10.0 Å². The molecule has 0 bridgehead atoms. The van der Waals surface area contributed by atoms with E-state index < -0.39 is 32.7 Å². The molecule has 1 aromatic carbocycles. The standard InChI is InChI=1S/C13H12FNO5S/c1-8(11-3-2-6-20-11)15-21(18,19)12-7-9(13(16)17)4-5-10(12)14/h2-8,15H,1H3,(H,16,17)/t8-/m1/s1. The predicted molar refractivity (Wildman–Crippen MR) is 70.8 cm³/mol. The zero-order valence-electron chi connectivity index (χ0n) is 10.9. The summed E-state index contributed by atoms with van der Waals surface area (Å²) in [6.45, 7) is 1.52. The van der Waals surface area contributed by atoms with Crippen LogP contribution < -0.4 is 4.72 Å². The highest BCUT2D eigenvalue weighted by Gasteiger charge is 2.24. The lowest BCUT2D eigenvalue weighted by Gasteiger charge is -2.13. The Bertz CT molecular complexity index is 755. The maximum Gasteiger partial charge on any atom is 0.335 e. The zero-order chi connectivity index (χ0) is 15.6. The van der Waals surface area contributed by atoms with Crippen molar-refractivity contribution in [3.05, 3.63) is 53.7 Å². The molecule has 0 aliphatic rings. The third-order valence-electron chi connectivity index (χ3n) is 2.77. The molecule has 1 atom stereocenters. The smallest absolute Gasteiger partial charge is 0.335 e. The molecule has 0 aliphatic carbocycles. The van der Waals surface area contributed by atoms with Crippen LogP contribution in [0.1, 0.15) is 29.1 Å². The number of aromatic carboxylic acids is 1. The molecule has 0 aliphatic heterocycles. The van der Waals surface area contributed by atoms with Crippen molar-refractivity contribution in [2.24, 2.45) is 0 Å². The van der Waals surface area contributed by atoms with E-state index in [0.717, 1.165) is 18.2 Å². The summed E-state index contributed by atoms with van der Waals surface area (Å²) in [5.41, 5.74) is -0.317. The van der Waals surface area contributed by atoms with Gasteiger partial charge in [-0.15, -0.1) is 0 Å². The van der Waals surface area contributed by atoms with E-state index >= 15 is 0 Å². The summed E-state index contributed by atoms with van der Waals surface area (Å²) in [5.74, 6) is -2.02. The lowest BCUT2D eigenvalue weighted by atomic mass is 10.2. The number of carboxylic acid groups (broad SMARTS) is 1. The number of furan rings is 1. The minimum Gasteiger partial charge on any atom is -0.478 e. The van der Waals surface area contributed by atoms with Crippen LogP contribution in [0.2, 0.25) is 0 Å². The quantitative estimate of drug-likeness (QED) is 0.881. The molecule has 0 saturated heterocycles. The molecule has 1 aromatic heterocycles. The Kier molecular flexibility index (Phi) is 4.10. The minimum atomic E-state index is -4.22. The lowest BCUT2D eigenvalue weighted by molar-refractivity contribution is 0.0696. The van der Waals surface area contributed by atoms with Gasteiger partial charge in [0.2, 0.25) is 10.0 Å². The Morgan fingerprint density at radius 1 is 1.38 bits per heavy atom. The van der Waals surface area contributed by atoms with Gasteiger partial charge in [-0.3, -0.25) is 0 Å². The SMILES string of the molecule is C[C@@H](NS(=O)(=O)c1cc(C(=O)O)ccc1F)c1ccco1. The van der Waals surface area contributed by atoms with Gasteiger partial charge in [-0.2, -0.15) is 0 Å². The van der Waals surface area contributed by atoms with E-state index in [1.165, 1.54) is 13.2 Å². The largest absolute Gasteiger partial charge is 0.478 e. The fraction of sp³-hybridized carbons (Fsp3) is 0.154. The average Bonchev–Trinajstić information content (AvgIpc) is 2.92. The van der Waals surface area contributed by atoms with Gasteiger partial charge in [0.05, 0.1) is 17.9 Å². The van der Waals surface area contributed by atoms with Crippen molar-refractivity contribution < 1.29 is 27.1 Å². The van der Waals surface area contributed by atoms with Crippen molar-refractivity contribution in [1.82, 2.24) is 4.72 Å². The molecule has 2 aromatic rings. The van der Waals surface area contributed by atoms with Crippen LogP contribution in [0.5, 0.6) is 0 Å². The van der Waals surface area contributed by atoms with Crippen LogP contribution in [0.3, 0.4) is 0 Å². The van der Waals surface area contributed by atoms with Crippen molar-refractivity contribution in [3.63, 3.8) is 0 Å². The van der Waals surface area contributed by atoms with E-state index in [1.54, 1.807) is 12.1 Å². The number of carboxylic acids is 1. The number of sulfonamides is 1. The van der Waals surface area contributed by atoms with Crippen molar-refractivity contribution in [2.75, 3.05) is 0 Å². The second-order valence-electron chi connectivity index (χ2n) is 4.31. The van der Waals surface area contributed by atoms with Gasteiger partial charge in [-0.25, -0.2) is 22.3 Å². The number of carbonyl (C=O) groups is 1. The van der Waals surface area contributed by atoms with Gasteiger partial charge in [-0.1, -0.05) is 0 Å². The van der Waals surface area contributed by atoms with Gasteiger partial charge in [-0.05, 0) is 37.3 Å². The van der Waals surface area contributed by atoms with Crippen molar-refractivity contribution in [3.8, 4) is 0 Å². The number of benzene rings is 1. The zero-order valence-corrected chi connectivity index (χ0v) is 11.7. The highest BCUT2D eigenvalue weighted by Crippen LogP contribution is 2.20. The molecule has 8 heteroatoms. The monoisotopic (exact) mass is 313 g/mol. The first-order valence-electron chi connectivity index (χ1n) is 5.90. The highest BCUT2D eigenvalue weighted by molar-refractivity contribution is 7.89. The molecule has 0 fully saturated rings. The van der Waals surface area contributed by atoms with Crippen molar-refractivity contribution >= 4 is 16.0 Å². The van der Waals surface area contributed by atoms with Crippen LogP contribution >= 0.6 is 0 Å². The topological polar surface area (TPSA) is 96.6 Å².